The predicted molar refractivity (Wildman–Crippen MR) is 83.1 cm³/mol. The fourth-order valence-corrected chi connectivity index (χ4v) is 2.40. The fraction of sp³-hybridized carbons (Fsp3) is 0.188. The molecule has 0 heterocycles. The minimum atomic E-state index is 0.0139. The molecule has 0 radical (unpaired) electrons. The van der Waals surface area contributed by atoms with Crippen molar-refractivity contribution in [1.29, 1.82) is 0 Å². The normalized spacial score (nSPS) is 10.4. The van der Waals surface area contributed by atoms with Crippen LogP contribution in [0, 0.1) is 0 Å². The largest absolute Gasteiger partial charge is 0.492 e. The number of halogens is 2. The van der Waals surface area contributed by atoms with Gasteiger partial charge >= 0.3 is 0 Å². The average molecular weight is 309 g/mol. The molecule has 104 valence electrons. The van der Waals surface area contributed by atoms with E-state index in [9.17, 15) is 4.79 Å². The van der Waals surface area contributed by atoms with Crippen LogP contribution in [0.4, 0.5) is 0 Å². The molecule has 0 N–H and O–H groups in total. The minimum Gasteiger partial charge on any atom is -0.492 e. The third-order valence-electron chi connectivity index (χ3n) is 2.90. The van der Waals surface area contributed by atoms with Crippen LogP contribution in [0.3, 0.4) is 0 Å². The maximum atomic E-state index is 11.4. The predicted octanol–water partition coefficient (Wildman–Crippen LogP) is 5.26. The Labute approximate surface area is 128 Å². The smallest absolute Gasteiger partial charge is 0.159 e. The van der Waals surface area contributed by atoms with Crippen LogP contribution in [-0.2, 0) is 0 Å². The number of carbonyl (C=O) groups excluding carboxylic acids is 1. The van der Waals surface area contributed by atoms with Crippen LogP contribution in [0.5, 0.6) is 5.75 Å². The first-order valence-electron chi connectivity index (χ1n) is 6.26. The quantitative estimate of drug-likeness (QED) is 0.720. The first-order valence-corrected chi connectivity index (χ1v) is 7.01. The highest BCUT2D eigenvalue weighted by atomic mass is 35.5. The first kappa shape index (κ1) is 14.9. The van der Waals surface area contributed by atoms with E-state index in [0.717, 1.165) is 11.1 Å². The van der Waals surface area contributed by atoms with Crippen LogP contribution >= 0.6 is 23.2 Å². The first-order chi connectivity index (χ1) is 9.52. The van der Waals surface area contributed by atoms with Gasteiger partial charge in [0.25, 0.3) is 0 Å². The Kier molecular flexibility index (Phi) is 4.69. The van der Waals surface area contributed by atoms with Gasteiger partial charge in [0, 0.05) is 17.2 Å². The van der Waals surface area contributed by atoms with Crippen molar-refractivity contribution in [1.82, 2.24) is 0 Å². The Morgan fingerprint density at radius 2 is 1.90 bits per heavy atom. The number of benzene rings is 2. The molecule has 0 saturated heterocycles. The standard InChI is InChI=1S/C16H14Cl2O2/c1-3-20-16-9-14(17)13(8-15(16)18)12-6-4-5-11(7-12)10(2)19/h4-9H,3H2,1-2H3. The highest BCUT2D eigenvalue weighted by molar-refractivity contribution is 6.36. The molecule has 2 aromatic carbocycles. The molecule has 2 aromatic rings. The Hall–Kier alpha value is -1.51. The van der Waals surface area contributed by atoms with E-state index in [2.05, 4.69) is 0 Å². The lowest BCUT2D eigenvalue weighted by atomic mass is 10.0. The van der Waals surface area contributed by atoms with Crippen molar-refractivity contribution in [3.63, 3.8) is 0 Å². The van der Waals surface area contributed by atoms with E-state index >= 15 is 0 Å². The summed E-state index contributed by atoms with van der Waals surface area (Å²) in [5.74, 6) is 0.575. The molecule has 0 saturated carbocycles. The van der Waals surface area contributed by atoms with Crippen LogP contribution < -0.4 is 4.74 Å². The lowest BCUT2D eigenvalue weighted by Crippen LogP contribution is -1.94. The van der Waals surface area contributed by atoms with Gasteiger partial charge in [0.1, 0.15) is 5.75 Å². The van der Waals surface area contributed by atoms with Crippen LogP contribution in [0.2, 0.25) is 10.0 Å². The maximum Gasteiger partial charge on any atom is 0.159 e. The summed E-state index contributed by atoms with van der Waals surface area (Å²) in [5.41, 5.74) is 2.28. The summed E-state index contributed by atoms with van der Waals surface area (Å²) < 4.78 is 5.40. The highest BCUT2D eigenvalue weighted by Gasteiger charge is 2.11. The van der Waals surface area contributed by atoms with E-state index in [1.54, 1.807) is 24.3 Å². The molecule has 0 bridgehead atoms. The summed E-state index contributed by atoms with van der Waals surface area (Å²) in [7, 11) is 0. The van der Waals surface area contributed by atoms with E-state index in [1.807, 2.05) is 19.1 Å². The minimum absolute atomic E-state index is 0.0139. The van der Waals surface area contributed by atoms with Gasteiger partial charge in [-0.2, -0.15) is 0 Å². The molecule has 0 aromatic heterocycles. The molecule has 0 fully saturated rings. The van der Waals surface area contributed by atoms with Gasteiger partial charge in [-0.1, -0.05) is 41.4 Å². The fourth-order valence-electron chi connectivity index (χ4n) is 1.92. The van der Waals surface area contributed by atoms with Gasteiger partial charge < -0.3 is 4.74 Å². The van der Waals surface area contributed by atoms with Crippen LogP contribution in [0.15, 0.2) is 36.4 Å². The number of rotatable bonds is 4. The summed E-state index contributed by atoms with van der Waals surface area (Å²) in [6.45, 7) is 3.94. The number of hydrogen-bond acceptors (Lipinski definition) is 2. The van der Waals surface area contributed by atoms with Gasteiger partial charge in [0.05, 0.1) is 16.7 Å². The second-order valence-electron chi connectivity index (χ2n) is 4.33. The molecule has 0 spiro atoms. The monoisotopic (exact) mass is 308 g/mol. The van der Waals surface area contributed by atoms with Crippen molar-refractivity contribution in [3.8, 4) is 16.9 Å². The maximum absolute atomic E-state index is 11.4. The molecular formula is C16H14Cl2O2. The van der Waals surface area contributed by atoms with Crippen molar-refractivity contribution >= 4 is 29.0 Å². The number of hydrogen-bond donors (Lipinski definition) is 0. The van der Waals surface area contributed by atoms with Gasteiger partial charge in [-0.25, -0.2) is 0 Å². The molecule has 0 amide bonds. The number of ether oxygens (including phenoxy) is 1. The third kappa shape index (κ3) is 3.14. The molecule has 0 atom stereocenters. The lowest BCUT2D eigenvalue weighted by Gasteiger charge is -2.11. The zero-order chi connectivity index (χ0) is 14.7. The topological polar surface area (TPSA) is 26.3 Å². The molecule has 2 nitrogen and oxygen atoms in total. The van der Waals surface area contributed by atoms with Gasteiger partial charge in [0.15, 0.2) is 5.78 Å². The zero-order valence-electron chi connectivity index (χ0n) is 11.2. The summed E-state index contributed by atoms with van der Waals surface area (Å²) in [6.07, 6.45) is 0. The Morgan fingerprint density at radius 1 is 1.15 bits per heavy atom. The van der Waals surface area contributed by atoms with Gasteiger partial charge in [-0.05, 0) is 31.5 Å². The Bertz CT molecular complexity index is 651. The second kappa shape index (κ2) is 6.29. The Balaban J connectivity index is 2.50. The summed E-state index contributed by atoms with van der Waals surface area (Å²) in [5, 5.41) is 1.04. The van der Waals surface area contributed by atoms with Crippen molar-refractivity contribution in [2.75, 3.05) is 6.61 Å². The summed E-state index contributed by atoms with van der Waals surface area (Å²) in [4.78, 5) is 11.4. The third-order valence-corrected chi connectivity index (χ3v) is 3.51. The molecule has 20 heavy (non-hydrogen) atoms. The number of Topliss-reactive ketones (excluding diaryl/α,β-unsaturated/α-hetero) is 1. The van der Waals surface area contributed by atoms with E-state index in [-0.39, 0.29) is 5.78 Å². The van der Waals surface area contributed by atoms with Gasteiger partial charge in [-0.3, -0.25) is 4.79 Å². The lowest BCUT2D eigenvalue weighted by molar-refractivity contribution is 0.101. The summed E-state index contributed by atoms with van der Waals surface area (Å²) in [6, 6.07) is 10.8. The molecule has 0 aliphatic heterocycles. The highest BCUT2D eigenvalue weighted by Crippen LogP contribution is 2.37. The molecular weight excluding hydrogens is 295 g/mol. The molecule has 4 heteroatoms. The second-order valence-corrected chi connectivity index (χ2v) is 5.15. The van der Waals surface area contributed by atoms with Crippen LogP contribution in [-0.4, -0.2) is 12.4 Å². The van der Waals surface area contributed by atoms with Crippen molar-refractivity contribution in [2.24, 2.45) is 0 Å². The number of ketones is 1. The SMILES string of the molecule is CCOc1cc(Cl)c(-c2cccc(C(C)=O)c2)cc1Cl. The van der Waals surface area contributed by atoms with E-state index in [0.29, 0.717) is 28.0 Å². The number of carbonyl (C=O) groups is 1. The van der Waals surface area contributed by atoms with Crippen molar-refractivity contribution < 1.29 is 9.53 Å². The molecule has 0 unspecified atom stereocenters. The van der Waals surface area contributed by atoms with Crippen LogP contribution in [0.1, 0.15) is 24.2 Å². The van der Waals surface area contributed by atoms with Crippen LogP contribution in [0.25, 0.3) is 11.1 Å². The van der Waals surface area contributed by atoms with E-state index in [1.165, 1.54) is 6.92 Å². The van der Waals surface area contributed by atoms with E-state index in [4.69, 9.17) is 27.9 Å². The molecule has 0 aliphatic rings. The molecule has 2 rings (SSSR count). The van der Waals surface area contributed by atoms with Gasteiger partial charge in [0.2, 0.25) is 0 Å². The Morgan fingerprint density at radius 3 is 2.55 bits per heavy atom. The summed E-state index contributed by atoms with van der Waals surface area (Å²) >= 11 is 12.5. The van der Waals surface area contributed by atoms with E-state index < -0.39 is 0 Å². The van der Waals surface area contributed by atoms with Gasteiger partial charge in [-0.15, -0.1) is 0 Å². The average Bonchev–Trinajstić information content (AvgIpc) is 2.43. The zero-order valence-corrected chi connectivity index (χ0v) is 12.8. The van der Waals surface area contributed by atoms with Crippen molar-refractivity contribution in [2.45, 2.75) is 13.8 Å². The van der Waals surface area contributed by atoms with Crippen molar-refractivity contribution in [3.05, 3.63) is 52.0 Å². The molecule has 0 aliphatic carbocycles.